The van der Waals surface area contributed by atoms with E-state index in [-0.39, 0.29) is 0 Å². The first-order chi connectivity index (χ1) is 9.24. The van der Waals surface area contributed by atoms with Gasteiger partial charge in [-0.05, 0) is 24.8 Å². The fourth-order valence-electron chi connectivity index (χ4n) is 2.32. The van der Waals surface area contributed by atoms with Crippen molar-refractivity contribution in [2.75, 3.05) is 19.1 Å². The molecule has 1 aromatic carbocycles. The van der Waals surface area contributed by atoms with Gasteiger partial charge in [0.2, 0.25) is 0 Å². The Balaban J connectivity index is 2.59. The van der Waals surface area contributed by atoms with E-state index >= 15 is 0 Å². The molecular formula is C14H19ClN2OS. The Hall–Kier alpha value is -0.870. The van der Waals surface area contributed by atoms with Crippen LogP contribution in [0.1, 0.15) is 25.2 Å². The maximum atomic E-state index is 6.06. The fraction of sp³-hybridized carbons (Fsp3) is 0.500. The van der Waals surface area contributed by atoms with E-state index < -0.39 is 0 Å². The number of thioether (sulfide) groups is 1. The topological polar surface area (TPSA) is 27.1 Å². The number of hydrogen-bond donors (Lipinski definition) is 0. The lowest BCUT2D eigenvalue weighted by molar-refractivity contribution is 0.415. The lowest BCUT2D eigenvalue weighted by Gasteiger charge is -2.19. The molecule has 0 radical (unpaired) electrons. The van der Waals surface area contributed by atoms with Crippen LogP contribution >= 0.6 is 23.4 Å². The van der Waals surface area contributed by atoms with E-state index in [4.69, 9.17) is 16.3 Å². The molecule has 1 atom stereocenters. The minimum Gasteiger partial charge on any atom is -0.497 e. The van der Waals surface area contributed by atoms with Gasteiger partial charge < -0.3 is 9.30 Å². The second-order valence-corrected chi connectivity index (χ2v) is 5.58. The van der Waals surface area contributed by atoms with Crippen LogP contribution in [0.2, 0.25) is 0 Å². The van der Waals surface area contributed by atoms with Crippen molar-refractivity contribution < 1.29 is 4.74 Å². The van der Waals surface area contributed by atoms with Crippen molar-refractivity contribution in [2.24, 2.45) is 0 Å². The van der Waals surface area contributed by atoms with Crippen LogP contribution in [0.15, 0.2) is 18.2 Å². The molecule has 0 fully saturated rings. The number of rotatable bonds is 6. The van der Waals surface area contributed by atoms with E-state index in [1.54, 1.807) is 7.11 Å². The minimum atomic E-state index is 0.417. The van der Waals surface area contributed by atoms with Gasteiger partial charge in [-0.15, -0.1) is 11.6 Å². The van der Waals surface area contributed by atoms with Crippen molar-refractivity contribution >= 4 is 34.4 Å². The molecule has 104 valence electrons. The van der Waals surface area contributed by atoms with Gasteiger partial charge in [-0.3, -0.25) is 0 Å². The van der Waals surface area contributed by atoms with Gasteiger partial charge in [-0.1, -0.05) is 6.92 Å². The quantitative estimate of drug-likeness (QED) is 0.751. The zero-order valence-corrected chi connectivity index (χ0v) is 13.1. The fourth-order valence-corrected chi connectivity index (χ4v) is 3.28. The molecule has 3 nitrogen and oxygen atoms in total. The van der Waals surface area contributed by atoms with E-state index in [1.165, 1.54) is 0 Å². The molecule has 0 aliphatic heterocycles. The lowest BCUT2D eigenvalue weighted by atomic mass is 10.2. The Morgan fingerprint density at radius 3 is 2.84 bits per heavy atom. The Kier molecular flexibility index (Phi) is 4.99. The molecule has 2 rings (SSSR count). The van der Waals surface area contributed by atoms with Gasteiger partial charge in [0, 0.05) is 17.9 Å². The van der Waals surface area contributed by atoms with E-state index in [0.717, 1.165) is 34.8 Å². The lowest BCUT2D eigenvalue weighted by Crippen LogP contribution is -2.13. The zero-order chi connectivity index (χ0) is 13.8. The van der Waals surface area contributed by atoms with Crippen molar-refractivity contribution in [3.8, 4) is 5.75 Å². The largest absolute Gasteiger partial charge is 0.497 e. The molecule has 0 amide bonds. The van der Waals surface area contributed by atoms with E-state index in [2.05, 4.69) is 22.7 Å². The van der Waals surface area contributed by atoms with Crippen molar-refractivity contribution in [1.29, 1.82) is 0 Å². The number of nitrogens with zero attached hydrogens (tertiary/aromatic N) is 2. The van der Waals surface area contributed by atoms with Crippen LogP contribution in [-0.4, -0.2) is 28.7 Å². The summed E-state index contributed by atoms with van der Waals surface area (Å²) in [6.45, 7) is 2.20. The van der Waals surface area contributed by atoms with Gasteiger partial charge >= 0.3 is 0 Å². The molecule has 0 aliphatic rings. The van der Waals surface area contributed by atoms with Gasteiger partial charge in [0.1, 0.15) is 11.6 Å². The van der Waals surface area contributed by atoms with Crippen LogP contribution in [-0.2, 0) is 5.88 Å². The second kappa shape index (κ2) is 6.53. The molecule has 1 unspecified atom stereocenters. The zero-order valence-electron chi connectivity index (χ0n) is 11.5. The van der Waals surface area contributed by atoms with Crippen molar-refractivity contribution in [3.05, 3.63) is 24.0 Å². The Morgan fingerprint density at radius 1 is 1.47 bits per heavy atom. The second-order valence-electron chi connectivity index (χ2n) is 4.40. The molecule has 0 saturated heterocycles. The number of methoxy groups -OCH3 is 1. The molecule has 2 aromatic rings. The number of ether oxygens (including phenoxy) is 1. The number of aromatic nitrogens is 2. The SMILES string of the molecule is CCC(CSC)n1c(CCl)nc2ccc(OC)cc21. The molecule has 0 bridgehead atoms. The smallest absolute Gasteiger partial charge is 0.125 e. The molecule has 19 heavy (non-hydrogen) atoms. The van der Waals surface area contributed by atoms with Crippen LogP contribution in [0.25, 0.3) is 11.0 Å². The summed E-state index contributed by atoms with van der Waals surface area (Å²) in [4.78, 5) is 4.62. The first-order valence-electron chi connectivity index (χ1n) is 6.34. The highest BCUT2D eigenvalue weighted by molar-refractivity contribution is 7.98. The van der Waals surface area contributed by atoms with Crippen molar-refractivity contribution in [1.82, 2.24) is 9.55 Å². The van der Waals surface area contributed by atoms with Gasteiger partial charge in [0.05, 0.1) is 24.0 Å². The summed E-state index contributed by atoms with van der Waals surface area (Å²) in [6, 6.07) is 6.39. The molecule has 5 heteroatoms. The number of halogens is 1. The Labute approximate surface area is 123 Å². The monoisotopic (exact) mass is 298 g/mol. The Bertz CT molecular complexity index is 556. The number of benzene rings is 1. The van der Waals surface area contributed by atoms with Crippen molar-refractivity contribution in [2.45, 2.75) is 25.3 Å². The van der Waals surface area contributed by atoms with E-state index in [9.17, 15) is 0 Å². The maximum Gasteiger partial charge on any atom is 0.125 e. The highest BCUT2D eigenvalue weighted by Gasteiger charge is 2.17. The third kappa shape index (κ3) is 2.84. The summed E-state index contributed by atoms with van der Waals surface area (Å²) in [5.41, 5.74) is 2.09. The highest BCUT2D eigenvalue weighted by atomic mass is 35.5. The first kappa shape index (κ1) is 14.5. The maximum absolute atomic E-state index is 6.06. The average Bonchev–Trinajstić information content (AvgIpc) is 2.82. The van der Waals surface area contributed by atoms with E-state index in [1.807, 2.05) is 30.0 Å². The molecule has 0 N–H and O–H groups in total. The van der Waals surface area contributed by atoms with E-state index in [0.29, 0.717) is 11.9 Å². The minimum absolute atomic E-state index is 0.417. The van der Waals surface area contributed by atoms with Crippen LogP contribution in [0.4, 0.5) is 0 Å². The number of fused-ring (bicyclic) bond motifs is 1. The van der Waals surface area contributed by atoms with Gasteiger partial charge in [-0.25, -0.2) is 4.98 Å². The molecule has 0 spiro atoms. The summed E-state index contributed by atoms with van der Waals surface area (Å²) in [6.07, 6.45) is 3.19. The summed E-state index contributed by atoms with van der Waals surface area (Å²) in [5, 5.41) is 0. The predicted octanol–water partition coefficient (Wildman–Crippen LogP) is 4.10. The molecule has 1 aromatic heterocycles. The van der Waals surface area contributed by atoms with Crippen LogP contribution in [0.5, 0.6) is 5.75 Å². The number of imidazole rings is 1. The van der Waals surface area contributed by atoms with Gasteiger partial charge in [-0.2, -0.15) is 11.8 Å². The standard InChI is InChI=1S/C14H19ClN2OS/c1-4-10(9-19-3)17-13-7-11(18-2)5-6-12(13)16-14(17)8-15/h5-7,10H,4,8-9H2,1-3H3. The summed E-state index contributed by atoms with van der Waals surface area (Å²) >= 11 is 7.90. The third-order valence-electron chi connectivity index (χ3n) is 3.28. The average molecular weight is 299 g/mol. The Morgan fingerprint density at radius 2 is 2.26 bits per heavy atom. The van der Waals surface area contributed by atoms with Gasteiger partial charge in [0.15, 0.2) is 0 Å². The molecule has 0 aliphatic carbocycles. The molecular weight excluding hydrogens is 280 g/mol. The highest BCUT2D eigenvalue weighted by Crippen LogP contribution is 2.28. The summed E-state index contributed by atoms with van der Waals surface area (Å²) in [7, 11) is 1.68. The third-order valence-corrected chi connectivity index (χ3v) is 4.24. The van der Waals surface area contributed by atoms with Gasteiger partial charge in [0.25, 0.3) is 0 Å². The molecule has 0 saturated carbocycles. The summed E-state index contributed by atoms with van der Waals surface area (Å²) < 4.78 is 7.58. The predicted molar refractivity (Wildman–Crippen MR) is 83.6 cm³/mol. The van der Waals surface area contributed by atoms with Crippen LogP contribution < -0.4 is 4.74 Å². The summed E-state index contributed by atoms with van der Waals surface area (Å²) in [5.74, 6) is 3.28. The normalized spacial score (nSPS) is 12.8. The number of alkyl halides is 1. The van der Waals surface area contributed by atoms with Crippen molar-refractivity contribution in [3.63, 3.8) is 0 Å². The van der Waals surface area contributed by atoms with Crippen LogP contribution in [0.3, 0.4) is 0 Å². The first-order valence-corrected chi connectivity index (χ1v) is 8.27. The molecule has 1 heterocycles. The number of hydrogen-bond acceptors (Lipinski definition) is 3. The van der Waals surface area contributed by atoms with Crippen LogP contribution in [0, 0.1) is 0 Å².